The van der Waals surface area contributed by atoms with E-state index in [1.165, 1.54) is 0 Å². The smallest absolute Gasteiger partial charge is 0.481 e. The quantitative estimate of drug-likeness (QED) is 0.846. The average Bonchev–Trinajstić information content (AvgIpc) is 2.67. The molecule has 1 fully saturated rings. The summed E-state index contributed by atoms with van der Waals surface area (Å²) in [7, 11) is 3.17. The van der Waals surface area contributed by atoms with Crippen LogP contribution in [0.4, 0.5) is 0 Å². The third kappa shape index (κ3) is 3.76. The lowest BCUT2D eigenvalue weighted by Gasteiger charge is -2.32. The number of pyridine rings is 1. The Balaban J connectivity index is 2.30. The summed E-state index contributed by atoms with van der Waals surface area (Å²) in [5, 5.41) is 3.18. The molecular formula is C17H27BN2O3. The van der Waals surface area contributed by atoms with Gasteiger partial charge in [0.05, 0.1) is 18.3 Å². The van der Waals surface area contributed by atoms with E-state index in [0.717, 1.165) is 16.6 Å². The summed E-state index contributed by atoms with van der Waals surface area (Å²) in [6, 6.07) is 2.05. The molecule has 1 saturated heterocycles. The van der Waals surface area contributed by atoms with Crippen LogP contribution in [0, 0.1) is 6.92 Å². The minimum Gasteiger partial charge on any atom is -0.481 e. The molecule has 2 heterocycles. The Bertz CT molecular complexity index is 584. The number of nitrogens with one attached hydrogen (secondary N) is 1. The summed E-state index contributed by atoms with van der Waals surface area (Å²) in [5.41, 5.74) is 2.34. The maximum absolute atomic E-state index is 6.15. The lowest BCUT2D eigenvalue weighted by Crippen LogP contribution is -2.41. The Labute approximate surface area is 139 Å². The molecule has 1 aliphatic heterocycles. The first-order chi connectivity index (χ1) is 10.7. The van der Waals surface area contributed by atoms with Crippen LogP contribution in [0.2, 0.25) is 0 Å². The van der Waals surface area contributed by atoms with Crippen LogP contribution in [-0.2, 0) is 9.31 Å². The van der Waals surface area contributed by atoms with Crippen LogP contribution in [0.3, 0.4) is 0 Å². The highest BCUT2D eigenvalue weighted by Gasteiger charge is 2.52. The number of hydrogen-bond acceptors (Lipinski definition) is 5. The maximum atomic E-state index is 6.15. The normalized spacial score (nSPS) is 20.0. The molecule has 5 nitrogen and oxygen atoms in total. The Morgan fingerprint density at radius 3 is 2.39 bits per heavy atom. The Morgan fingerprint density at radius 1 is 1.30 bits per heavy atom. The minimum absolute atomic E-state index is 0.349. The third-order valence-corrected chi connectivity index (χ3v) is 4.53. The van der Waals surface area contributed by atoms with Crippen molar-refractivity contribution in [2.45, 2.75) is 45.8 Å². The number of nitrogens with zero attached hydrogens (tertiary/aromatic N) is 1. The van der Waals surface area contributed by atoms with Crippen LogP contribution in [0.25, 0.3) is 6.08 Å². The van der Waals surface area contributed by atoms with Gasteiger partial charge in [0.25, 0.3) is 0 Å². The van der Waals surface area contributed by atoms with E-state index < -0.39 is 0 Å². The second-order valence-corrected chi connectivity index (χ2v) is 6.93. The van der Waals surface area contributed by atoms with Crippen LogP contribution in [-0.4, -0.2) is 44.0 Å². The van der Waals surface area contributed by atoms with Crippen molar-refractivity contribution in [2.24, 2.45) is 0 Å². The zero-order chi connectivity index (χ0) is 17.3. The van der Waals surface area contributed by atoms with Gasteiger partial charge in [-0.1, -0.05) is 6.08 Å². The van der Waals surface area contributed by atoms with Gasteiger partial charge in [-0.3, -0.25) is 0 Å². The van der Waals surface area contributed by atoms with E-state index in [-0.39, 0.29) is 18.3 Å². The van der Waals surface area contributed by atoms with Crippen molar-refractivity contribution >= 4 is 13.2 Å². The van der Waals surface area contributed by atoms with E-state index in [1.807, 2.05) is 20.0 Å². The fourth-order valence-electron chi connectivity index (χ4n) is 2.49. The van der Waals surface area contributed by atoms with Gasteiger partial charge in [-0.2, -0.15) is 0 Å². The first-order valence-electron chi connectivity index (χ1n) is 7.91. The second-order valence-electron chi connectivity index (χ2n) is 6.93. The molecule has 23 heavy (non-hydrogen) atoms. The molecule has 0 aliphatic carbocycles. The van der Waals surface area contributed by atoms with E-state index in [0.29, 0.717) is 12.4 Å². The van der Waals surface area contributed by atoms with Gasteiger partial charge in [0.2, 0.25) is 5.88 Å². The molecule has 0 saturated carbocycles. The lowest BCUT2D eigenvalue weighted by atomic mass is 9.77. The molecule has 2 rings (SSSR count). The summed E-state index contributed by atoms with van der Waals surface area (Å²) in [6.07, 6.45) is 3.87. The van der Waals surface area contributed by atoms with Gasteiger partial charge in [-0.15, -0.1) is 0 Å². The number of methoxy groups -OCH3 is 1. The van der Waals surface area contributed by atoms with Crippen LogP contribution in [0.5, 0.6) is 5.88 Å². The highest BCUT2D eigenvalue weighted by Crippen LogP contribution is 2.38. The molecule has 0 bridgehead atoms. The van der Waals surface area contributed by atoms with Crippen molar-refractivity contribution < 1.29 is 14.0 Å². The summed E-state index contributed by atoms with van der Waals surface area (Å²) in [4.78, 5) is 4.32. The molecule has 1 aromatic rings. The van der Waals surface area contributed by atoms with Crippen molar-refractivity contribution in [3.8, 4) is 5.88 Å². The van der Waals surface area contributed by atoms with E-state index in [2.05, 4.69) is 44.1 Å². The molecule has 1 aromatic heterocycles. The summed E-state index contributed by atoms with van der Waals surface area (Å²) in [5.74, 6) is 0.646. The van der Waals surface area contributed by atoms with Gasteiger partial charge in [-0.05, 0) is 58.8 Å². The predicted octanol–water partition coefficient (Wildman–Crippen LogP) is 2.63. The molecular weight excluding hydrogens is 291 g/mol. The Kier molecular flexibility index (Phi) is 5.18. The maximum Gasteiger partial charge on any atom is 0.491 e. The van der Waals surface area contributed by atoms with Gasteiger partial charge < -0.3 is 19.4 Å². The zero-order valence-electron chi connectivity index (χ0n) is 15.2. The van der Waals surface area contributed by atoms with Crippen molar-refractivity contribution in [2.75, 3.05) is 20.7 Å². The van der Waals surface area contributed by atoms with Gasteiger partial charge in [-0.25, -0.2) is 4.98 Å². The van der Waals surface area contributed by atoms with Gasteiger partial charge in [0.15, 0.2) is 0 Å². The predicted molar refractivity (Wildman–Crippen MR) is 93.5 cm³/mol. The number of aromatic nitrogens is 1. The lowest BCUT2D eigenvalue weighted by molar-refractivity contribution is 0.00578. The first-order valence-corrected chi connectivity index (χ1v) is 7.91. The Morgan fingerprint density at radius 2 is 1.91 bits per heavy atom. The standard InChI is InChI=1S/C17H27BN2O3/c1-12-8-13(10-20-15(12)21-7)9-14(11-19-6)18-22-16(2,3)17(4,5)23-18/h8-10,19H,11H2,1-7H3. The molecule has 1 aliphatic rings. The van der Waals surface area contributed by atoms with Crippen molar-refractivity contribution in [3.63, 3.8) is 0 Å². The molecule has 0 aromatic carbocycles. The van der Waals surface area contributed by atoms with Crippen LogP contribution in [0.1, 0.15) is 38.8 Å². The number of rotatable bonds is 5. The SMILES string of the molecule is CNCC(=Cc1cnc(OC)c(C)c1)B1OC(C)(C)C(C)(C)O1. The largest absolute Gasteiger partial charge is 0.491 e. The molecule has 0 atom stereocenters. The second kappa shape index (κ2) is 6.63. The molecule has 0 unspecified atom stereocenters. The third-order valence-electron chi connectivity index (χ3n) is 4.53. The fourth-order valence-corrected chi connectivity index (χ4v) is 2.49. The highest BCUT2D eigenvalue weighted by atomic mass is 16.7. The van der Waals surface area contributed by atoms with Crippen LogP contribution >= 0.6 is 0 Å². The number of likely N-dealkylation sites (N-methyl/N-ethyl adjacent to an activating group) is 1. The molecule has 6 heteroatoms. The topological polar surface area (TPSA) is 52.6 Å². The highest BCUT2D eigenvalue weighted by molar-refractivity contribution is 6.55. The first kappa shape index (κ1) is 18.0. The zero-order valence-corrected chi connectivity index (χ0v) is 15.2. The van der Waals surface area contributed by atoms with Crippen molar-refractivity contribution in [3.05, 3.63) is 28.9 Å². The Hall–Kier alpha value is -1.37. The molecule has 0 spiro atoms. The monoisotopic (exact) mass is 318 g/mol. The average molecular weight is 318 g/mol. The molecule has 0 radical (unpaired) electrons. The van der Waals surface area contributed by atoms with Gasteiger partial charge in [0.1, 0.15) is 0 Å². The molecule has 1 N–H and O–H groups in total. The van der Waals surface area contributed by atoms with Crippen molar-refractivity contribution in [1.29, 1.82) is 0 Å². The van der Waals surface area contributed by atoms with Gasteiger partial charge >= 0.3 is 7.12 Å². The molecule has 126 valence electrons. The van der Waals surface area contributed by atoms with Crippen molar-refractivity contribution in [1.82, 2.24) is 10.3 Å². The van der Waals surface area contributed by atoms with E-state index >= 15 is 0 Å². The van der Waals surface area contributed by atoms with E-state index in [1.54, 1.807) is 13.3 Å². The summed E-state index contributed by atoms with van der Waals surface area (Å²) < 4.78 is 17.5. The number of aryl methyl sites for hydroxylation is 1. The van der Waals surface area contributed by atoms with Crippen LogP contribution < -0.4 is 10.1 Å². The van der Waals surface area contributed by atoms with E-state index in [4.69, 9.17) is 14.0 Å². The minimum atomic E-state index is -0.366. The molecule has 0 amide bonds. The number of ether oxygens (including phenoxy) is 1. The number of hydrogen-bond donors (Lipinski definition) is 1. The summed E-state index contributed by atoms with van der Waals surface area (Å²) in [6.45, 7) is 10.9. The van der Waals surface area contributed by atoms with E-state index in [9.17, 15) is 0 Å². The summed E-state index contributed by atoms with van der Waals surface area (Å²) >= 11 is 0. The van der Waals surface area contributed by atoms with Gasteiger partial charge in [0, 0.05) is 18.3 Å². The fraction of sp³-hybridized carbons (Fsp3) is 0.588. The van der Waals surface area contributed by atoms with Crippen LogP contribution in [0.15, 0.2) is 17.7 Å².